The third-order valence-corrected chi connectivity index (χ3v) is 7.79. The van der Waals surface area contributed by atoms with E-state index in [1.165, 1.54) is 44.2 Å². The van der Waals surface area contributed by atoms with E-state index in [1.54, 1.807) is 0 Å². The number of aromatic nitrogens is 2. The molecule has 31 heavy (non-hydrogen) atoms. The molecule has 0 atom stereocenters. The summed E-state index contributed by atoms with van der Waals surface area (Å²) < 4.78 is 4.17. The van der Waals surface area contributed by atoms with E-state index < -0.39 is 0 Å². The maximum Gasteiger partial charge on any atom is 0.223 e. The summed E-state index contributed by atoms with van der Waals surface area (Å²) in [6, 6.07) is 3.68. The number of rotatable bonds is 4. The van der Waals surface area contributed by atoms with E-state index in [2.05, 4.69) is 9.13 Å². The standard InChI is InChI=1S/C25H34N2O4/c1-16-24(30)22(28)11-13-26(16)20-7-3-18(4-8-20)15-19-5-9-21(10-6-19)27-14-12-23(29)25(31)17(27)2/h11-14,18-21,30-31H,3-10,15H2,1-2H3. The Balaban J connectivity index is 1.29. The van der Waals surface area contributed by atoms with Crippen LogP contribution in [0.2, 0.25) is 0 Å². The summed E-state index contributed by atoms with van der Waals surface area (Å²) >= 11 is 0. The third-order valence-electron chi connectivity index (χ3n) is 7.79. The molecular weight excluding hydrogens is 392 g/mol. The highest BCUT2D eigenvalue weighted by atomic mass is 16.3. The minimum Gasteiger partial charge on any atom is -0.503 e. The molecule has 0 amide bonds. The molecule has 0 radical (unpaired) electrons. The van der Waals surface area contributed by atoms with Crippen LogP contribution in [0, 0.1) is 25.7 Å². The first-order valence-corrected chi connectivity index (χ1v) is 11.7. The molecule has 2 aromatic rings. The summed E-state index contributed by atoms with van der Waals surface area (Å²) in [6.45, 7) is 3.65. The van der Waals surface area contributed by atoms with Crippen molar-refractivity contribution >= 4 is 0 Å². The van der Waals surface area contributed by atoms with Gasteiger partial charge >= 0.3 is 0 Å². The molecule has 0 bridgehead atoms. The van der Waals surface area contributed by atoms with Crippen LogP contribution in [-0.4, -0.2) is 19.3 Å². The smallest absolute Gasteiger partial charge is 0.223 e. The van der Waals surface area contributed by atoms with Crippen LogP contribution in [0.25, 0.3) is 0 Å². The van der Waals surface area contributed by atoms with Gasteiger partial charge in [0.1, 0.15) is 0 Å². The Morgan fingerprint density at radius 3 is 1.42 bits per heavy atom. The second kappa shape index (κ2) is 8.93. The second-order valence-electron chi connectivity index (χ2n) is 9.63. The molecule has 0 aromatic carbocycles. The van der Waals surface area contributed by atoms with Gasteiger partial charge in [-0.25, -0.2) is 0 Å². The number of pyridine rings is 2. The minimum absolute atomic E-state index is 0.118. The van der Waals surface area contributed by atoms with Crippen LogP contribution in [0.3, 0.4) is 0 Å². The fraction of sp³-hybridized carbons (Fsp3) is 0.600. The van der Waals surface area contributed by atoms with Crippen molar-refractivity contribution in [1.82, 2.24) is 9.13 Å². The zero-order chi connectivity index (χ0) is 22.1. The highest BCUT2D eigenvalue weighted by Gasteiger charge is 2.29. The zero-order valence-corrected chi connectivity index (χ0v) is 18.6. The van der Waals surface area contributed by atoms with E-state index in [9.17, 15) is 19.8 Å². The van der Waals surface area contributed by atoms with Crippen molar-refractivity contribution in [3.05, 3.63) is 56.4 Å². The lowest BCUT2D eigenvalue weighted by Crippen LogP contribution is -2.25. The van der Waals surface area contributed by atoms with E-state index >= 15 is 0 Å². The number of aromatic hydroxyl groups is 2. The van der Waals surface area contributed by atoms with Gasteiger partial charge in [0.2, 0.25) is 10.9 Å². The molecule has 2 fully saturated rings. The highest BCUT2D eigenvalue weighted by Crippen LogP contribution is 2.41. The van der Waals surface area contributed by atoms with Crippen molar-refractivity contribution in [2.24, 2.45) is 11.8 Å². The van der Waals surface area contributed by atoms with Crippen LogP contribution in [0.5, 0.6) is 11.5 Å². The second-order valence-corrected chi connectivity index (χ2v) is 9.63. The molecule has 6 heteroatoms. The van der Waals surface area contributed by atoms with Crippen LogP contribution in [0.15, 0.2) is 34.1 Å². The fourth-order valence-electron chi connectivity index (χ4n) is 5.86. The van der Waals surface area contributed by atoms with Crippen molar-refractivity contribution in [3.63, 3.8) is 0 Å². The molecule has 2 heterocycles. The Morgan fingerprint density at radius 2 is 1.06 bits per heavy atom. The molecule has 2 aromatic heterocycles. The first-order valence-electron chi connectivity index (χ1n) is 11.7. The highest BCUT2D eigenvalue weighted by molar-refractivity contribution is 5.26. The average Bonchev–Trinajstić information content (AvgIpc) is 2.78. The van der Waals surface area contributed by atoms with Gasteiger partial charge in [0.05, 0.1) is 11.4 Å². The van der Waals surface area contributed by atoms with Crippen molar-refractivity contribution < 1.29 is 10.2 Å². The lowest BCUT2D eigenvalue weighted by atomic mass is 9.75. The molecule has 0 aliphatic heterocycles. The first kappa shape index (κ1) is 21.7. The van der Waals surface area contributed by atoms with Gasteiger partial charge in [0, 0.05) is 36.6 Å². The van der Waals surface area contributed by atoms with Gasteiger partial charge < -0.3 is 19.3 Å². The topological polar surface area (TPSA) is 84.5 Å². The predicted molar refractivity (Wildman–Crippen MR) is 121 cm³/mol. The monoisotopic (exact) mass is 426 g/mol. The molecule has 0 unspecified atom stereocenters. The molecule has 6 nitrogen and oxygen atoms in total. The quantitative estimate of drug-likeness (QED) is 0.749. The maximum atomic E-state index is 11.6. The van der Waals surface area contributed by atoms with Crippen LogP contribution in [0.1, 0.15) is 81.3 Å². The molecule has 2 saturated carbocycles. The molecule has 2 aliphatic rings. The van der Waals surface area contributed by atoms with Gasteiger partial charge in [0.15, 0.2) is 11.5 Å². The summed E-state index contributed by atoms with van der Waals surface area (Å²) in [5.74, 6) is 1.27. The van der Waals surface area contributed by atoms with Gasteiger partial charge in [0.25, 0.3) is 0 Å². The Labute approximate surface area is 183 Å². The van der Waals surface area contributed by atoms with Crippen molar-refractivity contribution in [3.8, 4) is 11.5 Å². The van der Waals surface area contributed by atoms with E-state index in [0.29, 0.717) is 23.5 Å². The zero-order valence-electron chi connectivity index (χ0n) is 18.6. The lowest BCUT2D eigenvalue weighted by molar-refractivity contribution is 0.191. The van der Waals surface area contributed by atoms with Crippen LogP contribution >= 0.6 is 0 Å². The predicted octanol–water partition coefficient (Wildman–Crippen LogP) is 4.59. The van der Waals surface area contributed by atoms with Gasteiger partial charge in [-0.3, -0.25) is 9.59 Å². The van der Waals surface area contributed by atoms with Crippen molar-refractivity contribution in [2.75, 3.05) is 0 Å². The third kappa shape index (κ3) is 4.43. The molecule has 0 spiro atoms. The summed E-state index contributed by atoms with van der Waals surface area (Å²) in [7, 11) is 0. The van der Waals surface area contributed by atoms with Crippen LogP contribution < -0.4 is 10.9 Å². The van der Waals surface area contributed by atoms with Gasteiger partial charge in [-0.2, -0.15) is 0 Å². The Hall–Kier alpha value is -2.50. The van der Waals surface area contributed by atoms with Crippen LogP contribution in [-0.2, 0) is 0 Å². The van der Waals surface area contributed by atoms with E-state index in [1.807, 2.05) is 26.2 Å². The Kier molecular flexibility index (Phi) is 6.26. The Bertz CT molecular complexity index is 955. The number of hydrogen-bond donors (Lipinski definition) is 2. The molecule has 2 N–H and O–H groups in total. The normalized spacial score (nSPS) is 26.6. The van der Waals surface area contributed by atoms with Crippen molar-refractivity contribution in [2.45, 2.75) is 83.7 Å². The largest absolute Gasteiger partial charge is 0.503 e. The molecular formula is C25H34N2O4. The van der Waals surface area contributed by atoms with E-state index in [0.717, 1.165) is 37.5 Å². The van der Waals surface area contributed by atoms with Gasteiger partial charge in [-0.15, -0.1) is 0 Å². The SMILES string of the molecule is Cc1c(O)c(=O)ccn1C1CCC(CC2CCC(n3ccc(=O)c(O)c3C)CC2)CC1. The summed E-state index contributed by atoms with van der Waals surface area (Å²) in [5, 5.41) is 19.9. The fourth-order valence-corrected chi connectivity index (χ4v) is 5.86. The number of hydrogen-bond acceptors (Lipinski definition) is 4. The minimum atomic E-state index is -0.300. The van der Waals surface area contributed by atoms with E-state index in [-0.39, 0.29) is 22.4 Å². The Morgan fingerprint density at radius 1 is 0.710 bits per heavy atom. The summed E-state index contributed by atoms with van der Waals surface area (Å²) in [6.07, 6.45) is 14.1. The summed E-state index contributed by atoms with van der Waals surface area (Å²) in [5.41, 5.74) is 0.757. The molecule has 4 rings (SSSR count). The van der Waals surface area contributed by atoms with Crippen LogP contribution in [0.4, 0.5) is 0 Å². The lowest BCUT2D eigenvalue weighted by Gasteiger charge is -2.36. The average molecular weight is 427 g/mol. The van der Waals surface area contributed by atoms with Gasteiger partial charge in [-0.05, 0) is 83.5 Å². The molecule has 0 saturated heterocycles. The molecule has 2 aliphatic carbocycles. The number of nitrogens with zero attached hydrogens (tertiary/aromatic N) is 2. The van der Waals surface area contributed by atoms with E-state index in [4.69, 9.17) is 0 Å². The maximum absolute atomic E-state index is 11.6. The van der Waals surface area contributed by atoms with Gasteiger partial charge in [-0.1, -0.05) is 0 Å². The van der Waals surface area contributed by atoms with Crippen molar-refractivity contribution in [1.29, 1.82) is 0 Å². The molecule has 168 valence electrons. The first-order chi connectivity index (χ1) is 14.8. The summed E-state index contributed by atoms with van der Waals surface area (Å²) in [4.78, 5) is 23.2.